The number of carbonyl (C=O) groups excluding carboxylic acids is 3. The molecule has 0 saturated heterocycles. The summed E-state index contributed by atoms with van der Waals surface area (Å²) in [5.41, 5.74) is 4.47. The molecule has 1 N–H and O–H groups in total. The van der Waals surface area contributed by atoms with Crippen LogP contribution in [-0.2, 0) is 9.59 Å². The first-order chi connectivity index (χ1) is 16.1. The van der Waals surface area contributed by atoms with Crippen molar-refractivity contribution in [1.29, 1.82) is 0 Å². The van der Waals surface area contributed by atoms with E-state index in [0.717, 1.165) is 27.8 Å². The minimum atomic E-state index is -0.934. The van der Waals surface area contributed by atoms with E-state index in [9.17, 15) is 14.4 Å². The van der Waals surface area contributed by atoms with Crippen molar-refractivity contribution in [2.24, 2.45) is 0 Å². The molecule has 0 bridgehead atoms. The zero-order chi connectivity index (χ0) is 24.6. The van der Waals surface area contributed by atoms with Crippen LogP contribution in [0.15, 0.2) is 65.9 Å². The van der Waals surface area contributed by atoms with E-state index in [0.29, 0.717) is 17.2 Å². The number of anilines is 1. The van der Waals surface area contributed by atoms with Gasteiger partial charge in [-0.2, -0.15) is 0 Å². The van der Waals surface area contributed by atoms with E-state index in [1.54, 1.807) is 42.5 Å². The maximum absolute atomic E-state index is 13.5. The van der Waals surface area contributed by atoms with Crippen molar-refractivity contribution in [1.82, 2.24) is 0 Å². The van der Waals surface area contributed by atoms with Crippen LogP contribution in [0.3, 0.4) is 0 Å². The fraction of sp³-hybridized carbons (Fsp3) is 0.179. The Morgan fingerprint density at radius 2 is 1.41 bits per heavy atom. The van der Waals surface area contributed by atoms with E-state index >= 15 is 0 Å². The molecular formula is C28H25NO5. The lowest BCUT2D eigenvalue weighted by molar-refractivity contribution is -0.133. The Hall–Kier alpha value is -4.19. The molecule has 0 saturated carbocycles. The maximum atomic E-state index is 13.5. The van der Waals surface area contributed by atoms with E-state index in [-0.39, 0.29) is 11.3 Å². The zero-order valence-electron chi connectivity index (χ0n) is 19.7. The quantitative estimate of drug-likeness (QED) is 0.144. The monoisotopic (exact) mass is 455 g/mol. The normalized spacial score (nSPS) is 14.0. The molecular weight excluding hydrogens is 430 g/mol. The minimum absolute atomic E-state index is 0.254. The fourth-order valence-corrected chi connectivity index (χ4v) is 3.96. The second-order valence-electron chi connectivity index (χ2n) is 8.58. The third-order valence-corrected chi connectivity index (χ3v) is 5.60. The Labute approximate surface area is 198 Å². The highest BCUT2D eigenvalue weighted by Crippen LogP contribution is 2.34. The smallest absolute Gasteiger partial charge is 0.361 e. The Morgan fingerprint density at radius 3 is 2.06 bits per heavy atom. The molecule has 0 unspecified atom stereocenters. The average Bonchev–Trinajstić information content (AvgIpc) is 2.77. The lowest BCUT2D eigenvalue weighted by Gasteiger charge is -2.22. The molecule has 6 nitrogen and oxygen atoms in total. The first-order valence-corrected chi connectivity index (χ1v) is 10.9. The molecule has 0 fully saturated rings. The van der Waals surface area contributed by atoms with Crippen LogP contribution < -0.4 is 14.8 Å². The van der Waals surface area contributed by atoms with Crippen LogP contribution in [0.5, 0.6) is 11.5 Å². The van der Waals surface area contributed by atoms with Gasteiger partial charge < -0.3 is 14.8 Å². The first-order valence-electron chi connectivity index (χ1n) is 10.9. The molecule has 34 heavy (non-hydrogen) atoms. The SMILES string of the molecule is Cc1ccc(C(=O)C(C(=O)Oc2c(C)cc(C)cc2C)=C2Nc3cc(C)ccc3OC2=O)cc1. The van der Waals surface area contributed by atoms with Gasteiger partial charge in [0, 0.05) is 5.56 Å². The Bertz CT molecular complexity index is 1340. The van der Waals surface area contributed by atoms with Crippen molar-refractivity contribution in [2.45, 2.75) is 34.6 Å². The van der Waals surface area contributed by atoms with Crippen molar-refractivity contribution >= 4 is 23.4 Å². The summed E-state index contributed by atoms with van der Waals surface area (Å²) in [5.74, 6) is -1.73. The molecule has 0 aromatic heterocycles. The van der Waals surface area contributed by atoms with Gasteiger partial charge in [-0.05, 0) is 63.4 Å². The number of ether oxygens (including phenoxy) is 2. The van der Waals surface area contributed by atoms with E-state index in [2.05, 4.69) is 5.32 Å². The number of benzene rings is 3. The lowest BCUT2D eigenvalue weighted by Crippen LogP contribution is -2.31. The molecule has 0 amide bonds. The van der Waals surface area contributed by atoms with Gasteiger partial charge in [0.1, 0.15) is 17.0 Å². The van der Waals surface area contributed by atoms with E-state index in [1.807, 2.05) is 46.8 Å². The maximum Gasteiger partial charge on any atom is 0.361 e. The summed E-state index contributed by atoms with van der Waals surface area (Å²) in [6.07, 6.45) is 0. The summed E-state index contributed by atoms with van der Waals surface area (Å²) in [4.78, 5) is 39.9. The number of ketones is 1. The fourth-order valence-electron chi connectivity index (χ4n) is 3.96. The topological polar surface area (TPSA) is 81.7 Å². The van der Waals surface area contributed by atoms with Gasteiger partial charge in [-0.3, -0.25) is 4.79 Å². The summed E-state index contributed by atoms with van der Waals surface area (Å²) >= 11 is 0. The highest BCUT2D eigenvalue weighted by molar-refractivity contribution is 6.28. The van der Waals surface area contributed by atoms with Gasteiger partial charge in [-0.15, -0.1) is 0 Å². The molecule has 3 aromatic rings. The highest BCUT2D eigenvalue weighted by atomic mass is 16.5. The van der Waals surface area contributed by atoms with Crippen LogP contribution in [0.25, 0.3) is 0 Å². The Morgan fingerprint density at radius 1 is 0.794 bits per heavy atom. The molecule has 172 valence electrons. The van der Waals surface area contributed by atoms with Crippen molar-refractivity contribution in [3.63, 3.8) is 0 Å². The van der Waals surface area contributed by atoms with Gasteiger partial charge >= 0.3 is 11.9 Å². The molecule has 0 atom stereocenters. The van der Waals surface area contributed by atoms with E-state index < -0.39 is 23.3 Å². The third kappa shape index (κ3) is 4.48. The van der Waals surface area contributed by atoms with Crippen molar-refractivity contribution in [3.05, 3.63) is 99.2 Å². The second kappa shape index (κ2) is 8.98. The van der Waals surface area contributed by atoms with Crippen molar-refractivity contribution in [2.75, 3.05) is 5.32 Å². The number of nitrogens with one attached hydrogen (secondary N) is 1. The van der Waals surface area contributed by atoms with Gasteiger partial charge in [0.25, 0.3) is 0 Å². The molecule has 1 aliphatic heterocycles. The van der Waals surface area contributed by atoms with Crippen LogP contribution in [0, 0.1) is 34.6 Å². The summed E-state index contributed by atoms with van der Waals surface area (Å²) in [6, 6.07) is 15.8. The molecule has 0 spiro atoms. The molecule has 1 heterocycles. The largest absolute Gasteiger partial charge is 0.422 e. The van der Waals surface area contributed by atoms with Gasteiger partial charge in [-0.1, -0.05) is 53.6 Å². The van der Waals surface area contributed by atoms with E-state index in [1.165, 1.54) is 0 Å². The highest BCUT2D eigenvalue weighted by Gasteiger charge is 2.34. The number of rotatable bonds is 4. The van der Waals surface area contributed by atoms with Crippen LogP contribution in [-0.4, -0.2) is 17.7 Å². The van der Waals surface area contributed by atoms with Gasteiger partial charge in [0.15, 0.2) is 5.75 Å². The van der Waals surface area contributed by atoms with Gasteiger partial charge in [0.2, 0.25) is 5.78 Å². The predicted octanol–water partition coefficient (Wildman–Crippen LogP) is 5.30. The summed E-state index contributed by atoms with van der Waals surface area (Å²) in [6.45, 7) is 9.37. The van der Waals surface area contributed by atoms with E-state index in [4.69, 9.17) is 9.47 Å². The average molecular weight is 456 g/mol. The van der Waals surface area contributed by atoms with Gasteiger partial charge in [0.05, 0.1) is 5.69 Å². The van der Waals surface area contributed by atoms with Crippen molar-refractivity contribution < 1.29 is 23.9 Å². The lowest BCUT2D eigenvalue weighted by atomic mass is 9.99. The number of Topliss-reactive ketones (excluding diaryl/α,β-unsaturated/α-hetero) is 1. The third-order valence-electron chi connectivity index (χ3n) is 5.60. The second-order valence-corrected chi connectivity index (χ2v) is 8.58. The first kappa shape index (κ1) is 23.0. The van der Waals surface area contributed by atoms with Crippen LogP contribution in [0.4, 0.5) is 5.69 Å². The number of hydrogen-bond donors (Lipinski definition) is 1. The number of aryl methyl sites for hydroxylation is 5. The minimum Gasteiger partial charge on any atom is -0.422 e. The summed E-state index contributed by atoms with van der Waals surface area (Å²) < 4.78 is 11.1. The number of fused-ring (bicyclic) bond motifs is 1. The molecule has 1 aliphatic rings. The number of hydrogen-bond acceptors (Lipinski definition) is 6. The van der Waals surface area contributed by atoms with Crippen LogP contribution >= 0.6 is 0 Å². The summed E-state index contributed by atoms with van der Waals surface area (Å²) in [5, 5.41) is 2.94. The molecule has 6 heteroatoms. The summed E-state index contributed by atoms with van der Waals surface area (Å²) in [7, 11) is 0. The Balaban J connectivity index is 1.83. The zero-order valence-corrected chi connectivity index (χ0v) is 19.7. The predicted molar refractivity (Wildman–Crippen MR) is 129 cm³/mol. The van der Waals surface area contributed by atoms with Gasteiger partial charge in [-0.25, -0.2) is 9.59 Å². The standard InChI is InChI=1S/C28H25NO5/c1-15-6-9-20(10-7-15)25(30)23(27(31)34-26-18(4)12-17(3)13-19(26)5)24-28(32)33-22-11-8-16(2)14-21(22)29-24/h6-14,29H,1-5H3. The molecule has 0 aliphatic carbocycles. The molecule has 0 radical (unpaired) electrons. The number of esters is 2. The van der Waals surface area contributed by atoms with Crippen LogP contribution in [0.2, 0.25) is 0 Å². The molecule has 3 aromatic carbocycles. The Kier molecular flexibility index (Phi) is 6.07. The van der Waals surface area contributed by atoms with Crippen LogP contribution in [0.1, 0.15) is 38.2 Å². The molecule has 4 rings (SSSR count). The van der Waals surface area contributed by atoms with Crippen molar-refractivity contribution in [3.8, 4) is 11.5 Å². The number of carbonyl (C=O) groups is 3.